The molecule has 1 atom stereocenters. The van der Waals surface area contributed by atoms with Crippen LogP contribution >= 0.6 is 0 Å². The number of hydrazone groups is 1. The molecule has 0 bridgehead atoms. The molecule has 0 saturated carbocycles. The van der Waals surface area contributed by atoms with E-state index in [0.717, 1.165) is 31.4 Å². The fraction of sp³-hybridized carbons (Fsp3) is 0.818. The van der Waals surface area contributed by atoms with E-state index >= 15 is 0 Å². The van der Waals surface area contributed by atoms with Gasteiger partial charge in [-0.1, -0.05) is 39.5 Å². The first-order valence-electron chi connectivity index (χ1n) is 5.65. The Balaban J connectivity index is 2.39. The molecule has 1 aliphatic heterocycles. The van der Waals surface area contributed by atoms with Crippen LogP contribution in [0.3, 0.4) is 0 Å². The fourth-order valence-corrected chi connectivity index (χ4v) is 1.82. The Morgan fingerprint density at radius 3 is 2.71 bits per heavy atom. The summed E-state index contributed by atoms with van der Waals surface area (Å²) >= 11 is 0. The van der Waals surface area contributed by atoms with Crippen molar-refractivity contribution >= 4 is 11.6 Å². The molecule has 3 heteroatoms. The van der Waals surface area contributed by atoms with Crippen LogP contribution in [-0.2, 0) is 4.79 Å². The molecule has 3 nitrogen and oxygen atoms in total. The molecule has 0 saturated heterocycles. The molecule has 1 heterocycles. The van der Waals surface area contributed by atoms with Gasteiger partial charge >= 0.3 is 0 Å². The molecule has 1 N–H and O–H groups in total. The molecule has 1 amide bonds. The largest absolute Gasteiger partial charge is 0.272 e. The van der Waals surface area contributed by atoms with Gasteiger partial charge in [-0.15, -0.1) is 0 Å². The predicted octanol–water partition coefficient (Wildman–Crippen LogP) is 2.47. The second kappa shape index (κ2) is 5.78. The maximum atomic E-state index is 11.4. The van der Waals surface area contributed by atoms with Crippen LogP contribution in [0.15, 0.2) is 5.10 Å². The van der Waals surface area contributed by atoms with Gasteiger partial charge in [-0.05, 0) is 12.8 Å². The molecular formula is C11H20N2O. The molecule has 1 rings (SSSR count). The first-order chi connectivity index (χ1) is 6.79. The number of unbranched alkanes of at least 4 members (excludes halogenated alkanes) is 2. The molecule has 0 fully saturated rings. The third kappa shape index (κ3) is 2.82. The summed E-state index contributed by atoms with van der Waals surface area (Å²) < 4.78 is 0. The maximum absolute atomic E-state index is 11.4. The Morgan fingerprint density at radius 1 is 1.29 bits per heavy atom. The van der Waals surface area contributed by atoms with E-state index in [1.54, 1.807) is 0 Å². The van der Waals surface area contributed by atoms with Crippen molar-refractivity contribution in [3.8, 4) is 0 Å². The molecule has 0 aromatic rings. The number of amides is 1. The molecule has 1 unspecified atom stereocenters. The van der Waals surface area contributed by atoms with Gasteiger partial charge in [0.2, 0.25) is 5.91 Å². The molecule has 1 aliphatic rings. The summed E-state index contributed by atoms with van der Waals surface area (Å²) in [6.45, 7) is 4.30. The monoisotopic (exact) mass is 196 g/mol. The minimum absolute atomic E-state index is 0.0708. The van der Waals surface area contributed by atoms with Crippen molar-refractivity contribution in [1.29, 1.82) is 0 Å². The van der Waals surface area contributed by atoms with Crippen LogP contribution in [0.1, 0.15) is 52.4 Å². The van der Waals surface area contributed by atoms with Crippen LogP contribution in [0.4, 0.5) is 0 Å². The summed E-state index contributed by atoms with van der Waals surface area (Å²) in [6, 6.07) is 0. The number of carbonyl (C=O) groups excluding carboxylic acids is 1. The minimum atomic E-state index is 0.0708. The highest BCUT2D eigenvalue weighted by Crippen LogP contribution is 2.18. The van der Waals surface area contributed by atoms with E-state index in [0.29, 0.717) is 0 Å². The lowest BCUT2D eigenvalue weighted by Crippen LogP contribution is -2.23. The summed E-state index contributed by atoms with van der Waals surface area (Å²) in [5.74, 6) is 0.172. The standard InChI is InChI=1S/C11H20N2O/c1-3-5-6-8-9-10(7-4-2)12-13-11(9)14/h9H,3-8H2,1-2H3,(H,13,14). The van der Waals surface area contributed by atoms with Crippen LogP contribution in [0.2, 0.25) is 0 Å². The normalized spacial score (nSPS) is 20.9. The summed E-state index contributed by atoms with van der Waals surface area (Å²) in [5.41, 5.74) is 3.64. The second-order valence-corrected chi connectivity index (χ2v) is 3.88. The van der Waals surface area contributed by atoms with Gasteiger partial charge in [0.25, 0.3) is 0 Å². The fourth-order valence-electron chi connectivity index (χ4n) is 1.82. The van der Waals surface area contributed by atoms with Gasteiger partial charge in [-0.3, -0.25) is 4.79 Å². The molecular weight excluding hydrogens is 176 g/mol. The van der Waals surface area contributed by atoms with E-state index in [1.807, 2.05) is 0 Å². The predicted molar refractivity (Wildman–Crippen MR) is 58.1 cm³/mol. The molecule has 0 aromatic carbocycles. The van der Waals surface area contributed by atoms with Crippen LogP contribution < -0.4 is 5.43 Å². The number of rotatable bonds is 6. The smallest absolute Gasteiger partial charge is 0.248 e. The maximum Gasteiger partial charge on any atom is 0.248 e. The van der Waals surface area contributed by atoms with Crippen molar-refractivity contribution in [2.45, 2.75) is 52.4 Å². The average Bonchev–Trinajstić information content (AvgIpc) is 2.50. The molecule has 0 aromatic heterocycles. The van der Waals surface area contributed by atoms with E-state index < -0.39 is 0 Å². The van der Waals surface area contributed by atoms with Crippen LogP contribution in [0.5, 0.6) is 0 Å². The number of nitrogens with zero attached hydrogens (tertiary/aromatic N) is 1. The zero-order valence-electron chi connectivity index (χ0n) is 9.18. The summed E-state index contributed by atoms with van der Waals surface area (Å²) in [4.78, 5) is 11.4. The molecule has 0 radical (unpaired) electrons. The Labute approximate surface area is 86.0 Å². The summed E-state index contributed by atoms with van der Waals surface area (Å²) in [6.07, 6.45) is 6.54. The summed E-state index contributed by atoms with van der Waals surface area (Å²) in [5, 5.41) is 4.08. The zero-order chi connectivity index (χ0) is 10.4. The van der Waals surface area contributed by atoms with E-state index in [4.69, 9.17) is 0 Å². The van der Waals surface area contributed by atoms with E-state index in [2.05, 4.69) is 24.4 Å². The lowest BCUT2D eigenvalue weighted by molar-refractivity contribution is -0.122. The van der Waals surface area contributed by atoms with Crippen molar-refractivity contribution in [2.24, 2.45) is 11.0 Å². The lowest BCUT2D eigenvalue weighted by atomic mass is 9.94. The highest BCUT2D eigenvalue weighted by molar-refractivity contribution is 6.07. The van der Waals surface area contributed by atoms with Gasteiger partial charge in [0, 0.05) is 0 Å². The minimum Gasteiger partial charge on any atom is -0.272 e. The van der Waals surface area contributed by atoms with E-state index in [1.165, 1.54) is 12.8 Å². The van der Waals surface area contributed by atoms with Gasteiger partial charge in [-0.2, -0.15) is 5.10 Å². The van der Waals surface area contributed by atoms with Crippen LogP contribution in [0, 0.1) is 5.92 Å². The van der Waals surface area contributed by atoms with E-state index in [-0.39, 0.29) is 11.8 Å². The van der Waals surface area contributed by atoms with Crippen molar-refractivity contribution in [3.63, 3.8) is 0 Å². The van der Waals surface area contributed by atoms with E-state index in [9.17, 15) is 4.79 Å². The van der Waals surface area contributed by atoms with Gasteiger partial charge in [0.05, 0.1) is 11.6 Å². The third-order valence-corrected chi connectivity index (χ3v) is 2.63. The lowest BCUT2D eigenvalue weighted by Gasteiger charge is -2.08. The van der Waals surface area contributed by atoms with Crippen LogP contribution in [-0.4, -0.2) is 11.6 Å². The first-order valence-corrected chi connectivity index (χ1v) is 5.65. The Kier molecular flexibility index (Phi) is 4.63. The molecule has 0 spiro atoms. The molecule has 14 heavy (non-hydrogen) atoms. The quantitative estimate of drug-likeness (QED) is 0.651. The van der Waals surface area contributed by atoms with Crippen molar-refractivity contribution < 1.29 is 4.79 Å². The highest BCUT2D eigenvalue weighted by atomic mass is 16.2. The van der Waals surface area contributed by atoms with Gasteiger partial charge in [0.15, 0.2) is 0 Å². The van der Waals surface area contributed by atoms with Crippen molar-refractivity contribution in [1.82, 2.24) is 5.43 Å². The van der Waals surface area contributed by atoms with Crippen molar-refractivity contribution in [2.75, 3.05) is 0 Å². The highest BCUT2D eigenvalue weighted by Gasteiger charge is 2.28. The Bertz CT molecular complexity index is 223. The zero-order valence-corrected chi connectivity index (χ0v) is 9.18. The number of carbonyl (C=O) groups is 1. The number of hydrogen-bond acceptors (Lipinski definition) is 2. The summed E-state index contributed by atoms with van der Waals surface area (Å²) in [7, 11) is 0. The average molecular weight is 196 g/mol. The number of hydrogen-bond donors (Lipinski definition) is 1. The van der Waals surface area contributed by atoms with Gasteiger partial charge in [0.1, 0.15) is 0 Å². The van der Waals surface area contributed by atoms with Gasteiger partial charge < -0.3 is 0 Å². The Morgan fingerprint density at radius 2 is 2.07 bits per heavy atom. The molecule has 80 valence electrons. The second-order valence-electron chi connectivity index (χ2n) is 3.88. The van der Waals surface area contributed by atoms with Crippen molar-refractivity contribution in [3.05, 3.63) is 0 Å². The van der Waals surface area contributed by atoms with Crippen LogP contribution in [0.25, 0.3) is 0 Å². The third-order valence-electron chi connectivity index (χ3n) is 2.63. The SMILES string of the molecule is CCCCCC1C(=O)NN=C1CCC. The number of nitrogens with one attached hydrogen (secondary N) is 1. The first kappa shape index (κ1) is 11.2. The Hall–Kier alpha value is -0.860. The van der Waals surface area contributed by atoms with Gasteiger partial charge in [-0.25, -0.2) is 5.43 Å². The topological polar surface area (TPSA) is 41.5 Å². The molecule has 0 aliphatic carbocycles.